The number of ether oxygens (including phenoxy) is 1. The van der Waals surface area contributed by atoms with E-state index >= 15 is 0 Å². The van der Waals surface area contributed by atoms with Gasteiger partial charge in [0, 0.05) is 25.3 Å². The van der Waals surface area contributed by atoms with Crippen LogP contribution >= 0.6 is 0 Å². The SMILES string of the molecule is CCN(CC)C(=O)c1ccc(CCCCOC(N)CCCCCCC(O)c2cccc(O)c2)cc1. The minimum absolute atomic E-state index is 0.0925. The molecule has 0 aliphatic heterocycles. The lowest BCUT2D eigenvalue weighted by molar-refractivity contribution is 0.0477. The van der Waals surface area contributed by atoms with E-state index in [1.54, 1.807) is 18.2 Å². The van der Waals surface area contributed by atoms with Crippen LogP contribution in [-0.2, 0) is 11.2 Å². The van der Waals surface area contributed by atoms with Crippen molar-refractivity contribution in [3.63, 3.8) is 0 Å². The van der Waals surface area contributed by atoms with Crippen LogP contribution in [0.15, 0.2) is 48.5 Å². The van der Waals surface area contributed by atoms with Crippen molar-refractivity contribution in [1.82, 2.24) is 4.90 Å². The molecule has 1 amide bonds. The number of hydrogen-bond acceptors (Lipinski definition) is 5. The van der Waals surface area contributed by atoms with Crippen molar-refractivity contribution in [2.24, 2.45) is 5.73 Å². The molecule has 0 aromatic heterocycles. The molecule has 2 unspecified atom stereocenters. The van der Waals surface area contributed by atoms with E-state index in [1.807, 2.05) is 49.1 Å². The summed E-state index contributed by atoms with van der Waals surface area (Å²) in [5.41, 5.74) is 8.84. The molecule has 2 atom stereocenters. The monoisotopic (exact) mass is 484 g/mol. The van der Waals surface area contributed by atoms with Gasteiger partial charge in [0.25, 0.3) is 5.91 Å². The quantitative estimate of drug-likeness (QED) is 0.201. The number of unbranched alkanes of at least 4 members (excludes halogenated alkanes) is 4. The van der Waals surface area contributed by atoms with Gasteiger partial charge in [0.2, 0.25) is 0 Å². The van der Waals surface area contributed by atoms with Gasteiger partial charge in [0.15, 0.2) is 0 Å². The Hall–Kier alpha value is -2.41. The minimum Gasteiger partial charge on any atom is -0.508 e. The van der Waals surface area contributed by atoms with Crippen molar-refractivity contribution in [2.45, 2.75) is 84.0 Å². The zero-order valence-corrected chi connectivity index (χ0v) is 21.5. The molecule has 0 spiro atoms. The van der Waals surface area contributed by atoms with Crippen LogP contribution in [0.25, 0.3) is 0 Å². The first-order valence-electron chi connectivity index (χ1n) is 13.2. The standard InChI is InChI=1S/C29H44N2O4/c1-3-31(4-2)29(34)24-19-17-23(18-20-24)12-9-10-21-35-28(30)16-8-6-5-7-15-27(33)25-13-11-14-26(32)22-25/h11,13-14,17-20,22,27-28,32-33H,3-10,12,15-16,21,30H2,1-2H3. The minimum atomic E-state index is -0.527. The summed E-state index contributed by atoms with van der Waals surface area (Å²) >= 11 is 0. The Bertz CT molecular complexity index is 852. The Kier molecular flexibility index (Phi) is 13.4. The van der Waals surface area contributed by atoms with E-state index < -0.39 is 6.10 Å². The number of aromatic hydroxyl groups is 1. The van der Waals surface area contributed by atoms with E-state index in [4.69, 9.17) is 10.5 Å². The molecule has 2 rings (SSSR count). The number of benzene rings is 2. The van der Waals surface area contributed by atoms with E-state index in [9.17, 15) is 15.0 Å². The summed E-state index contributed by atoms with van der Waals surface area (Å²) in [4.78, 5) is 14.2. The second kappa shape index (κ2) is 16.3. The Balaban J connectivity index is 1.49. The number of nitrogens with two attached hydrogens (primary N) is 1. The van der Waals surface area contributed by atoms with E-state index in [-0.39, 0.29) is 17.9 Å². The summed E-state index contributed by atoms with van der Waals surface area (Å²) in [5.74, 6) is 0.281. The van der Waals surface area contributed by atoms with Gasteiger partial charge in [-0.25, -0.2) is 0 Å². The third-order valence-corrected chi connectivity index (χ3v) is 6.41. The number of carbonyl (C=O) groups is 1. The summed E-state index contributed by atoms with van der Waals surface area (Å²) in [6.07, 6.45) is 7.81. The molecule has 6 heteroatoms. The lowest BCUT2D eigenvalue weighted by atomic mass is 10.0. The van der Waals surface area contributed by atoms with Gasteiger partial charge in [0.05, 0.1) is 6.10 Å². The molecule has 194 valence electrons. The van der Waals surface area contributed by atoms with Crippen LogP contribution in [-0.4, -0.2) is 46.9 Å². The molecule has 0 saturated heterocycles. The molecule has 6 nitrogen and oxygen atoms in total. The molecular formula is C29H44N2O4. The van der Waals surface area contributed by atoms with Crippen LogP contribution in [0.5, 0.6) is 5.75 Å². The van der Waals surface area contributed by atoms with Gasteiger partial charge < -0.3 is 25.6 Å². The Morgan fingerprint density at radius 2 is 1.63 bits per heavy atom. The topological polar surface area (TPSA) is 96.0 Å². The number of aliphatic hydroxyl groups is 1. The van der Waals surface area contributed by atoms with Crippen molar-refractivity contribution in [3.05, 3.63) is 65.2 Å². The predicted molar refractivity (Wildman–Crippen MR) is 141 cm³/mol. The van der Waals surface area contributed by atoms with Gasteiger partial charge in [-0.1, -0.05) is 43.5 Å². The number of rotatable bonds is 17. The molecule has 0 bridgehead atoms. The fourth-order valence-corrected chi connectivity index (χ4v) is 4.19. The van der Waals surface area contributed by atoms with Crippen molar-refractivity contribution in [1.29, 1.82) is 0 Å². The number of phenols is 1. The van der Waals surface area contributed by atoms with Crippen LogP contribution in [0.1, 0.15) is 92.8 Å². The summed E-state index contributed by atoms with van der Waals surface area (Å²) in [7, 11) is 0. The van der Waals surface area contributed by atoms with Crippen molar-refractivity contribution < 1.29 is 19.7 Å². The largest absolute Gasteiger partial charge is 0.508 e. The van der Waals surface area contributed by atoms with E-state index in [0.717, 1.165) is 75.6 Å². The number of nitrogens with zero attached hydrogens (tertiary/aromatic N) is 1. The average molecular weight is 485 g/mol. The number of amides is 1. The highest BCUT2D eigenvalue weighted by molar-refractivity contribution is 5.94. The van der Waals surface area contributed by atoms with E-state index in [2.05, 4.69) is 0 Å². The zero-order valence-electron chi connectivity index (χ0n) is 21.5. The highest BCUT2D eigenvalue weighted by Crippen LogP contribution is 2.23. The number of phenolic OH excluding ortho intramolecular Hbond substituents is 1. The van der Waals surface area contributed by atoms with Gasteiger partial charge in [-0.3, -0.25) is 4.79 Å². The van der Waals surface area contributed by atoms with Crippen LogP contribution in [0, 0.1) is 0 Å². The second-order valence-corrected chi connectivity index (χ2v) is 9.14. The Morgan fingerprint density at radius 3 is 2.29 bits per heavy atom. The molecule has 2 aromatic rings. The summed E-state index contributed by atoms with van der Waals surface area (Å²) < 4.78 is 5.76. The van der Waals surface area contributed by atoms with E-state index in [1.165, 1.54) is 5.56 Å². The first kappa shape index (κ1) is 28.8. The van der Waals surface area contributed by atoms with Crippen molar-refractivity contribution in [3.8, 4) is 5.75 Å². The average Bonchev–Trinajstić information content (AvgIpc) is 2.86. The smallest absolute Gasteiger partial charge is 0.253 e. The molecule has 0 aliphatic rings. The van der Waals surface area contributed by atoms with Gasteiger partial charge in [-0.2, -0.15) is 0 Å². The zero-order chi connectivity index (χ0) is 25.5. The maximum Gasteiger partial charge on any atom is 0.253 e. The third kappa shape index (κ3) is 10.8. The number of aliphatic hydroxyl groups excluding tert-OH is 1. The Morgan fingerprint density at radius 1 is 0.943 bits per heavy atom. The molecule has 35 heavy (non-hydrogen) atoms. The number of carbonyl (C=O) groups excluding carboxylic acids is 1. The maximum absolute atomic E-state index is 12.4. The molecule has 4 N–H and O–H groups in total. The molecule has 2 aromatic carbocycles. The van der Waals surface area contributed by atoms with Gasteiger partial charge in [-0.05, 0) is 87.8 Å². The molecule has 0 saturated carbocycles. The van der Waals surface area contributed by atoms with Crippen LogP contribution in [0.3, 0.4) is 0 Å². The van der Waals surface area contributed by atoms with Crippen LogP contribution in [0.2, 0.25) is 0 Å². The summed E-state index contributed by atoms with van der Waals surface area (Å²) in [6, 6.07) is 14.8. The fourth-order valence-electron chi connectivity index (χ4n) is 4.19. The normalized spacial score (nSPS) is 12.9. The maximum atomic E-state index is 12.4. The molecule has 0 radical (unpaired) electrons. The molecular weight excluding hydrogens is 440 g/mol. The molecule has 0 aliphatic carbocycles. The third-order valence-electron chi connectivity index (χ3n) is 6.41. The van der Waals surface area contributed by atoms with Crippen LogP contribution < -0.4 is 5.73 Å². The van der Waals surface area contributed by atoms with Gasteiger partial charge in [0.1, 0.15) is 12.0 Å². The Labute approximate surface area is 211 Å². The van der Waals surface area contributed by atoms with Crippen molar-refractivity contribution >= 4 is 5.91 Å². The first-order chi connectivity index (χ1) is 16.9. The highest BCUT2D eigenvalue weighted by atomic mass is 16.5. The number of hydrogen-bond donors (Lipinski definition) is 3. The van der Waals surface area contributed by atoms with E-state index in [0.29, 0.717) is 13.0 Å². The summed E-state index contributed by atoms with van der Waals surface area (Å²) in [6.45, 7) is 6.11. The lowest BCUT2D eigenvalue weighted by Crippen LogP contribution is -2.30. The number of aryl methyl sites for hydroxylation is 1. The molecule has 0 fully saturated rings. The van der Waals surface area contributed by atoms with Gasteiger partial charge >= 0.3 is 0 Å². The first-order valence-corrected chi connectivity index (χ1v) is 13.2. The van der Waals surface area contributed by atoms with Gasteiger partial charge in [-0.15, -0.1) is 0 Å². The van der Waals surface area contributed by atoms with Crippen LogP contribution in [0.4, 0.5) is 0 Å². The highest BCUT2D eigenvalue weighted by Gasteiger charge is 2.12. The second-order valence-electron chi connectivity index (χ2n) is 9.14. The summed E-state index contributed by atoms with van der Waals surface area (Å²) in [5, 5.41) is 19.7. The molecule has 0 heterocycles. The fraction of sp³-hybridized carbons (Fsp3) is 0.552. The lowest BCUT2D eigenvalue weighted by Gasteiger charge is -2.18. The predicted octanol–water partition coefficient (Wildman–Crippen LogP) is 5.57. The van der Waals surface area contributed by atoms with Crippen molar-refractivity contribution in [2.75, 3.05) is 19.7 Å².